The molecule has 98 valence electrons. The fourth-order valence-corrected chi connectivity index (χ4v) is 2.66. The molecule has 2 atom stereocenters. The average Bonchev–Trinajstić information content (AvgIpc) is 2.84. The van der Waals surface area contributed by atoms with Crippen LogP contribution in [0.3, 0.4) is 0 Å². The second-order valence-corrected chi connectivity index (χ2v) is 4.60. The summed E-state index contributed by atoms with van der Waals surface area (Å²) in [7, 11) is 2.98. The quantitative estimate of drug-likeness (QED) is 0.827. The van der Waals surface area contributed by atoms with Crippen molar-refractivity contribution in [1.29, 1.82) is 0 Å². The van der Waals surface area contributed by atoms with Crippen molar-refractivity contribution >= 4 is 11.7 Å². The SMILES string of the molecule is COC(=O)c1cc(OC)c2c(c1)[C@H]1C=CC=C[C@H]1N2. The number of benzene rings is 1. The average molecular weight is 257 g/mol. The van der Waals surface area contributed by atoms with Gasteiger partial charge in [0.25, 0.3) is 0 Å². The van der Waals surface area contributed by atoms with E-state index in [2.05, 4.69) is 17.5 Å². The van der Waals surface area contributed by atoms with Gasteiger partial charge in [0.2, 0.25) is 0 Å². The number of ether oxygens (including phenoxy) is 2. The predicted molar refractivity (Wildman–Crippen MR) is 72.8 cm³/mol. The van der Waals surface area contributed by atoms with E-state index in [1.807, 2.05) is 18.2 Å². The van der Waals surface area contributed by atoms with Crippen molar-refractivity contribution < 1.29 is 14.3 Å². The molecular formula is C15H15NO3. The zero-order chi connectivity index (χ0) is 13.4. The number of nitrogens with one attached hydrogen (secondary N) is 1. The van der Waals surface area contributed by atoms with Gasteiger partial charge in [0.1, 0.15) is 5.75 Å². The van der Waals surface area contributed by atoms with Crippen molar-refractivity contribution in [3.8, 4) is 5.75 Å². The Morgan fingerprint density at radius 2 is 2.00 bits per heavy atom. The molecule has 0 radical (unpaired) electrons. The number of esters is 1. The first-order valence-electron chi connectivity index (χ1n) is 6.16. The van der Waals surface area contributed by atoms with Crippen molar-refractivity contribution in [2.45, 2.75) is 12.0 Å². The second kappa shape index (κ2) is 4.46. The first-order chi connectivity index (χ1) is 9.24. The Bertz CT molecular complexity index is 589. The van der Waals surface area contributed by atoms with Crippen LogP contribution in [0.2, 0.25) is 0 Å². The molecule has 1 aliphatic carbocycles. The molecule has 0 bridgehead atoms. The molecular weight excluding hydrogens is 242 g/mol. The van der Waals surface area contributed by atoms with Crippen LogP contribution in [0.5, 0.6) is 5.75 Å². The van der Waals surface area contributed by atoms with Crippen molar-refractivity contribution in [2.24, 2.45) is 0 Å². The third-order valence-corrected chi connectivity index (χ3v) is 3.58. The minimum absolute atomic E-state index is 0.224. The van der Waals surface area contributed by atoms with E-state index in [1.165, 1.54) is 7.11 Å². The van der Waals surface area contributed by atoms with Gasteiger partial charge in [0.05, 0.1) is 31.5 Å². The van der Waals surface area contributed by atoms with Crippen LogP contribution in [0.1, 0.15) is 21.8 Å². The van der Waals surface area contributed by atoms with Crippen molar-refractivity contribution in [3.63, 3.8) is 0 Å². The molecule has 1 aromatic carbocycles. The molecule has 3 rings (SSSR count). The third kappa shape index (κ3) is 1.80. The Hall–Kier alpha value is -2.23. The van der Waals surface area contributed by atoms with E-state index in [0.717, 1.165) is 11.3 Å². The Morgan fingerprint density at radius 1 is 1.21 bits per heavy atom. The molecule has 0 aromatic heterocycles. The number of hydrogen-bond donors (Lipinski definition) is 1. The lowest BCUT2D eigenvalue weighted by Crippen LogP contribution is -2.17. The number of allylic oxidation sites excluding steroid dienone is 2. The first-order valence-corrected chi connectivity index (χ1v) is 6.16. The van der Waals surface area contributed by atoms with Crippen LogP contribution in [0.4, 0.5) is 5.69 Å². The van der Waals surface area contributed by atoms with Crippen molar-refractivity contribution in [2.75, 3.05) is 19.5 Å². The van der Waals surface area contributed by atoms with Gasteiger partial charge in [0, 0.05) is 5.92 Å². The van der Waals surface area contributed by atoms with Gasteiger partial charge in [0.15, 0.2) is 0 Å². The van der Waals surface area contributed by atoms with E-state index in [1.54, 1.807) is 13.2 Å². The Balaban J connectivity index is 2.12. The minimum atomic E-state index is -0.347. The van der Waals surface area contributed by atoms with Gasteiger partial charge in [-0.3, -0.25) is 0 Å². The number of rotatable bonds is 2. The van der Waals surface area contributed by atoms with Crippen LogP contribution in [0.25, 0.3) is 0 Å². The maximum Gasteiger partial charge on any atom is 0.337 e. The molecule has 1 aromatic rings. The highest BCUT2D eigenvalue weighted by atomic mass is 16.5. The highest BCUT2D eigenvalue weighted by Gasteiger charge is 2.33. The van der Waals surface area contributed by atoms with Gasteiger partial charge >= 0.3 is 5.97 Å². The second-order valence-electron chi connectivity index (χ2n) is 4.60. The van der Waals surface area contributed by atoms with Crippen LogP contribution in [0, 0.1) is 0 Å². The Kier molecular flexibility index (Phi) is 2.78. The molecule has 1 heterocycles. The monoisotopic (exact) mass is 257 g/mol. The molecule has 4 heteroatoms. The zero-order valence-electron chi connectivity index (χ0n) is 10.8. The summed E-state index contributed by atoms with van der Waals surface area (Å²) in [5.74, 6) is 0.562. The van der Waals surface area contributed by atoms with Crippen LogP contribution < -0.4 is 10.1 Å². The summed E-state index contributed by atoms with van der Waals surface area (Å²) in [4.78, 5) is 11.7. The lowest BCUT2D eigenvalue weighted by molar-refractivity contribution is 0.0600. The van der Waals surface area contributed by atoms with Crippen molar-refractivity contribution in [1.82, 2.24) is 0 Å². The van der Waals surface area contributed by atoms with Gasteiger partial charge in [-0.2, -0.15) is 0 Å². The highest BCUT2D eigenvalue weighted by molar-refractivity contribution is 5.92. The normalized spacial score (nSPS) is 22.4. The maximum absolute atomic E-state index is 11.7. The van der Waals surface area contributed by atoms with Gasteiger partial charge in [-0.15, -0.1) is 0 Å². The van der Waals surface area contributed by atoms with E-state index < -0.39 is 0 Å². The molecule has 0 saturated heterocycles. The van der Waals surface area contributed by atoms with Crippen LogP contribution >= 0.6 is 0 Å². The fraction of sp³-hybridized carbons (Fsp3) is 0.267. The largest absolute Gasteiger partial charge is 0.495 e. The van der Waals surface area contributed by atoms with E-state index in [-0.39, 0.29) is 17.9 Å². The van der Waals surface area contributed by atoms with Gasteiger partial charge in [-0.25, -0.2) is 4.79 Å². The number of carbonyl (C=O) groups excluding carboxylic acids is 1. The smallest absolute Gasteiger partial charge is 0.337 e. The summed E-state index contributed by atoms with van der Waals surface area (Å²) in [6, 6.07) is 3.81. The van der Waals surface area contributed by atoms with E-state index in [0.29, 0.717) is 11.3 Å². The molecule has 0 amide bonds. The molecule has 0 fully saturated rings. The standard InChI is InChI=1S/C15H15NO3/c1-18-13-8-9(15(17)19-2)7-11-10-5-3-4-6-12(10)16-14(11)13/h3-8,10,12,16H,1-2H3/t10-,12-/m1/s1. The van der Waals surface area contributed by atoms with Gasteiger partial charge in [-0.1, -0.05) is 24.3 Å². The molecule has 19 heavy (non-hydrogen) atoms. The molecule has 0 saturated carbocycles. The van der Waals surface area contributed by atoms with E-state index >= 15 is 0 Å². The number of carbonyl (C=O) groups is 1. The summed E-state index contributed by atoms with van der Waals surface area (Å²) in [6.45, 7) is 0. The lowest BCUT2D eigenvalue weighted by atomic mass is 9.90. The summed E-state index contributed by atoms with van der Waals surface area (Å²) >= 11 is 0. The minimum Gasteiger partial charge on any atom is -0.495 e. The van der Waals surface area contributed by atoms with Crippen LogP contribution in [0.15, 0.2) is 36.4 Å². The maximum atomic E-state index is 11.7. The first kappa shape index (κ1) is 11.8. The summed E-state index contributed by atoms with van der Waals surface area (Å²) in [5, 5.41) is 3.42. The summed E-state index contributed by atoms with van der Waals surface area (Å²) in [6.07, 6.45) is 8.29. The molecule has 4 nitrogen and oxygen atoms in total. The molecule has 0 unspecified atom stereocenters. The molecule has 1 N–H and O–H groups in total. The number of fused-ring (bicyclic) bond motifs is 3. The molecule has 2 aliphatic rings. The van der Waals surface area contributed by atoms with Gasteiger partial charge < -0.3 is 14.8 Å². The fourth-order valence-electron chi connectivity index (χ4n) is 2.66. The van der Waals surface area contributed by atoms with Gasteiger partial charge in [-0.05, 0) is 17.7 Å². The zero-order valence-corrected chi connectivity index (χ0v) is 10.8. The molecule has 1 aliphatic heterocycles. The predicted octanol–water partition coefficient (Wildman–Crippen LogP) is 2.49. The Labute approximate surface area is 111 Å². The summed E-state index contributed by atoms with van der Waals surface area (Å²) < 4.78 is 10.2. The number of anilines is 1. The van der Waals surface area contributed by atoms with E-state index in [4.69, 9.17) is 9.47 Å². The molecule has 0 spiro atoms. The van der Waals surface area contributed by atoms with Crippen molar-refractivity contribution in [3.05, 3.63) is 47.6 Å². The Morgan fingerprint density at radius 3 is 2.74 bits per heavy atom. The number of methoxy groups -OCH3 is 2. The number of hydrogen-bond acceptors (Lipinski definition) is 4. The van der Waals surface area contributed by atoms with Crippen LogP contribution in [-0.2, 0) is 4.74 Å². The topological polar surface area (TPSA) is 47.6 Å². The van der Waals surface area contributed by atoms with Crippen LogP contribution in [-0.4, -0.2) is 26.2 Å². The highest BCUT2D eigenvalue weighted by Crippen LogP contribution is 2.44. The van der Waals surface area contributed by atoms with E-state index in [9.17, 15) is 4.79 Å². The summed E-state index contributed by atoms with van der Waals surface area (Å²) in [5.41, 5.74) is 2.55. The third-order valence-electron chi connectivity index (χ3n) is 3.58. The lowest BCUT2D eigenvalue weighted by Gasteiger charge is -2.15.